The van der Waals surface area contributed by atoms with Crippen LogP contribution in [-0.2, 0) is 21.3 Å². The van der Waals surface area contributed by atoms with E-state index in [1.54, 1.807) is 0 Å². The number of aryl methyl sites for hydroxylation is 1. The fourth-order valence-corrected chi connectivity index (χ4v) is 4.01. The van der Waals surface area contributed by atoms with Gasteiger partial charge < -0.3 is 9.47 Å². The minimum atomic E-state index is -0.279. The summed E-state index contributed by atoms with van der Waals surface area (Å²) in [5, 5.41) is 0.521. The largest absolute Gasteiger partial charge is 0.461 e. The first-order chi connectivity index (χ1) is 8.75. The van der Waals surface area contributed by atoms with Crippen molar-refractivity contribution in [1.82, 2.24) is 4.98 Å². The van der Waals surface area contributed by atoms with Crippen LogP contribution in [0.1, 0.15) is 46.6 Å². The smallest absolute Gasteiger partial charge is 0.367 e. The number of hydrogen-bond acceptors (Lipinski definition) is 5. The zero-order valence-corrected chi connectivity index (χ0v) is 11.3. The monoisotopic (exact) mass is 267 g/mol. The molecule has 5 heteroatoms. The van der Waals surface area contributed by atoms with Crippen molar-refractivity contribution in [2.24, 2.45) is 0 Å². The van der Waals surface area contributed by atoms with E-state index in [2.05, 4.69) is 4.98 Å². The van der Waals surface area contributed by atoms with Crippen LogP contribution in [0.15, 0.2) is 0 Å². The molecule has 0 unspecified atom stereocenters. The van der Waals surface area contributed by atoms with Crippen molar-refractivity contribution in [3.05, 3.63) is 15.6 Å². The number of hydrogen-bond donors (Lipinski definition) is 0. The molecule has 1 aromatic rings. The SMILES string of the molecule is CCOC(=O)c1nc2c(s1)CCC21CCOCC1. The number of esters is 1. The van der Waals surface area contributed by atoms with Crippen LogP contribution in [0.2, 0.25) is 0 Å². The van der Waals surface area contributed by atoms with Crippen LogP contribution in [-0.4, -0.2) is 30.8 Å². The lowest BCUT2D eigenvalue weighted by Crippen LogP contribution is -2.32. The third-order valence-corrected chi connectivity index (χ3v) is 5.03. The van der Waals surface area contributed by atoms with Crippen LogP contribution in [0.3, 0.4) is 0 Å². The van der Waals surface area contributed by atoms with Gasteiger partial charge >= 0.3 is 5.97 Å². The van der Waals surface area contributed by atoms with Gasteiger partial charge in [-0.2, -0.15) is 0 Å². The molecule has 1 spiro atoms. The maximum atomic E-state index is 11.7. The molecule has 1 fully saturated rings. The number of thiazole rings is 1. The van der Waals surface area contributed by atoms with Crippen LogP contribution in [0.4, 0.5) is 0 Å². The molecule has 1 saturated heterocycles. The highest BCUT2D eigenvalue weighted by atomic mass is 32.1. The fraction of sp³-hybridized carbons (Fsp3) is 0.692. The van der Waals surface area contributed by atoms with Crippen molar-refractivity contribution >= 4 is 17.3 Å². The normalized spacial score (nSPS) is 20.9. The van der Waals surface area contributed by atoms with Gasteiger partial charge in [0.05, 0.1) is 12.3 Å². The van der Waals surface area contributed by atoms with E-state index in [4.69, 9.17) is 9.47 Å². The lowest BCUT2D eigenvalue weighted by atomic mass is 9.78. The van der Waals surface area contributed by atoms with Crippen LogP contribution in [0.5, 0.6) is 0 Å². The van der Waals surface area contributed by atoms with Crippen molar-refractivity contribution in [3.8, 4) is 0 Å². The Morgan fingerprint density at radius 3 is 2.94 bits per heavy atom. The van der Waals surface area contributed by atoms with E-state index >= 15 is 0 Å². The molecule has 2 aliphatic rings. The molecule has 0 saturated carbocycles. The molecule has 2 heterocycles. The minimum absolute atomic E-state index is 0.175. The molecule has 1 aromatic heterocycles. The van der Waals surface area contributed by atoms with Gasteiger partial charge in [-0.15, -0.1) is 11.3 Å². The lowest BCUT2D eigenvalue weighted by Gasteiger charge is -2.32. The molecule has 0 aromatic carbocycles. The van der Waals surface area contributed by atoms with Crippen molar-refractivity contribution in [1.29, 1.82) is 0 Å². The summed E-state index contributed by atoms with van der Waals surface area (Å²) >= 11 is 1.51. The zero-order chi connectivity index (χ0) is 12.6. The molecule has 1 aliphatic carbocycles. The molecule has 3 rings (SSSR count). The first kappa shape index (κ1) is 12.1. The molecule has 4 nitrogen and oxygen atoms in total. The summed E-state index contributed by atoms with van der Waals surface area (Å²) in [4.78, 5) is 17.6. The van der Waals surface area contributed by atoms with E-state index in [0.29, 0.717) is 11.6 Å². The Hall–Kier alpha value is -0.940. The van der Waals surface area contributed by atoms with Gasteiger partial charge in [0.1, 0.15) is 0 Å². The van der Waals surface area contributed by atoms with Gasteiger partial charge in [0.15, 0.2) is 0 Å². The Labute approximate surface area is 110 Å². The summed E-state index contributed by atoms with van der Waals surface area (Å²) in [6.07, 6.45) is 4.28. The van der Waals surface area contributed by atoms with Crippen molar-refractivity contribution in [2.45, 2.75) is 38.0 Å². The average Bonchev–Trinajstić information content (AvgIpc) is 2.93. The summed E-state index contributed by atoms with van der Waals surface area (Å²) in [5.74, 6) is -0.279. The highest BCUT2D eigenvalue weighted by Crippen LogP contribution is 2.47. The van der Waals surface area contributed by atoms with Crippen LogP contribution < -0.4 is 0 Å². The molecular formula is C13H17NO3S. The molecule has 18 heavy (non-hydrogen) atoms. The van der Waals surface area contributed by atoms with E-state index in [0.717, 1.165) is 44.6 Å². The van der Waals surface area contributed by atoms with E-state index < -0.39 is 0 Å². The number of ether oxygens (including phenoxy) is 2. The average molecular weight is 267 g/mol. The second-order valence-electron chi connectivity index (χ2n) is 4.90. The van der Waals surface area contributed by atoms with E-state index in [9.17, 15) is 4.79 Å². The molecule has 0 bridgehead atoms. The second-order valence-corrected chi connectivity index (χ2v) is 5.99. The third kappa shape index (κ3) is 1.86. The summed E-state index contributed by atoms with van der Waals surface area (Å²) in [6.45, 7) is 3.85. The Bertz CT molecular complexity index is 463. The van der Waals surface area contributed by atoms with Gasteiger partial charge in [-0.25, -0.2) is 9.78 Å². The van der Waals surface area contributed by atoms with Gasteiger partial charge in [0.2, 0.25) is 5.01 Å². The van der Waals surface area contributed by atoms with Crippen molar-refractivity contribution < 1.29 is 14.3 Å². The van der Waals surface area contributed by atoms with Gasteiger partial charge in [-0.3, -0.25) is 0 Å². The number of carbonyl (C=O) groups is 1. The van der Waals surface area contributed by atoms with Crippen LogP contribution >= 0.6 is 11.3 Å². The summed E-state index contributed by atoms with van der Waals surface area (Å²) in [7, 11) is 0. The quantitative estimate of drug-likeness (QED) is 0.772. The number of aromatic nitrogens is 1. The standard InChI is InChI=1S/C13H17NO3S/c1-2-17-12(15)11-14-10-9(18-11)3-4-13(10)5-7-16-8-6-13/h2-8H2,1H3. The Morgan fingerprint density at radius 2 is 2.22 bits per heavy atom. The van der Waals surface area contributed by atoms with Gasteiger partial charge in [-0.05, 0) is 32.6 Å². The first-order valence-corrected chi connectivity index (χ1v) is 7.32. The van der Waals surface area contributed by atoms with Gasteiger partial charge in [0.25, 0.3) is 0 Å². The Kier molecular flexibility index (Phi) is 3.11. The lowest BCUT2D eigenvalue weighted by molar-refractivity contribution is 0.0485. The number of fused-ring (bicyclic) bond motifs is 2. The Balaban J connectivity index is 1.89. The summed E-state index contributed by atoms with van der Waals surface area (Å²) in [6, 6.07) is 0. The highest BCUT2D eigenvalue weighted by molar-refractivity contribution is 7.13. The van der Waals surface area contributed by atoms with Crippen molar-refractivity contribution in [3.63, 3.8) is 0 Å². The van der Waals surface area contributed by atoms with E-state index in [-0.39, 0.29) is 11.4 Å². The molecule has 0 atom stereocenters. The first-order valence-electron chi connectivity index (χ1n) is 6.50. The van der Waals surface area contributed by atoms with Crippen LogP contribution in [0.25, 0.3) is 0 Å². The topological polar surface area (TPSA) is 48.4 Å². The second kappa shape index (κ2) is 4.63. The minimum Gasteiger partial charge on any atom is -0.461 e. The molecule has 1 aliphatic heterocycles. The zero-order valence-electron chi connectivity index (χ0n) is 10.5. The van der Waals surface area contributed by atoms with Crippen LogP contribution in [0, 0.1) is 0 Å². The maximum absolute atomic E-state index is 11.7. The van der Waals surface area contributed by atoms with Gasteiger partial charge in [-0.1, -0.05) is 0 Å². The Morgan fingerprint density at radius 1 is 1.44 bits per heavy atom. The number of rotatable bonds is 2. The third-order valence-electron chi connectivity index (χ3n) is 3.93. The summed E-state index contributed by atoms with van der Waals surface area (Å²) in [5.41, 5.74) is 1.33. The predicted octanol–water partition coefficient (Wildman–Crippen LogP) is 2.31. The van der Waals surface area contributed by atoms with E-state index in [1.165, 1.54) is 16.2 Å². The van der Waals surface area contributed by atoms with Crippen molar-refractivity contribution in [2.75, 3.05) is 19.8 Å². The molecular weight excluding hydrogens is 250 g/mol. The fourth-order valence-electron chi connectivity index (χ4n) is 2.94. The molecule has 98 valence electrons. The maximum Gasteiger partial charge on any atom is 0.367 e. The molecule has 0 N–H and O–H groups in total. The number of carbonyl (C=O) groups excluding carboxylic acids is 1. The molecule has 0 amide bonds. The molecule has 0 radical (unpaired) electrons. The summed E-state index contributed by atoms with van der Waals surface area (Å²) < 4.78 is 10.5. The van der Waals surface area contributed by atoms with Gasteiger partial charge in [0, 0.05) is 23.5 Å². The highest BCUT2D eigenvalue weighted by Gasteiger charge is 2.43. The van der Waals surface area contributed by atoms with E-state index in [1.807, 2.05) is 6.92 Å². The number of nitrogens with zero attached hydrogens (tertiary/aromatic N) is 1. The predicted molar refractivity (Wildman–Crippen MR) is 68.1 cm³/mol.